The Hall–Kier alpha value is -0.297. The van der Waals surface area contributed by atoms with Crippen molar-refractivity contribution in [3.63, 3.8) is 0 Å². The van der Waals surface area contributed by atoms with Gasteiger partial charge in [0.1, 0.15) is 0 Å². The Kier molecular flexibility index (Phi) is 19.0. The van der Waals surface area contributed by atoms with E-state index in [-0.39, 0.29) is 0 Å². The first-order chi connectivity index (χ1) is 25.3. The van der Waals surface area contributed by atoms with Crippen LogP contribution in [-0.2, 0) is 13.5 Å². The van der Waals surface area contributed by atoms with Crippen LogP contribution < -0.4 is 4.90 Å². The number of nitrogens with zero attached hydrogens (tertiary/aromatic N) is 2. The standard InChI is InChI=1S/C21H32N2.C18H33P.C7H6.2ClH.Ru/c1-16(2)19-11-8-12-20(17(3)4)21(19)23-14-13-22(15-23)18-9-6-5-7-10-18;1-4-10-16(11-5-1)19(17-12-6-2-7-13-17)18-14-8-3-9-15-18;1-7-5-3-2-4-6-7;;;/h8,11-12,16-18H,5-7,9-10,13-14H2,1-4H3;16-18H,1-15H2;1-6H;2*1H;/q;;;;;+2/p-2. The Balaban J connectivity index is 0.000000162. The molecule has 0 aromatic heterocycles. The van der Waals surface area contributed by atoms with Gasteiger partial charge in [0, 0.05) is 24.8 Å². The molecule has 0 N–H and O–H groups in total. The molecule has 5 aliphatic rings. The number of anilines is 1. The molecule has 52 heavy (non-hydrogen) atoms. The molecular formula is C46H71Cl2N2PRu. The summed E-state index contributed by atoms with van der Waals surface area (Å²) in [6.45, 7) is 15.2. The topological polar surface area (TPSA) is 6.48 Å². The van der Waals surface area contributed by atoms with Crippen molar-refractivity contribution in [3.8, 4) is 0 Å². The van der Waals surface area contributed by atoms with Crippen LogP contribution >= 0.6 is 27.3 Å². The number of rotatable bonds is 8. The second-order valence-electron chi connectivity index (χ2n) is 16.9. The Morgan fingerprint density at radius 2 is 1.04 bits per heavy atom. The van der Waals surface area contributed by atoms with Crippen LogP contribution in [0.3, 0.4) is 0 Å². The Labute approximate surface area is 334 Å². The summed E-state index contributed by atoms with van der Waals surface area (Å²) in [7, 11) is 11.7. The fourth-order valence-electron chi connectivity index (χ4n) is 9.75. The van der Waals surface area contributed by atoms with Crippen molar-refractivity contribution in [2.45, 2.75) is 191 Å². The number of hydrogen-bond donors (Lipinski definition) is 0. The fourth-order valence-corrected chi connectivity index (χ4v) is 16.2. The molecule has 2 nitrogen and oxygen atoms in total. The van der Waals surface area contributed by atoms with E-state index in [2.05, 4.69) is 62.4 Å². The molecule has 6 heteroatoms. The second-order valence-corrected chi connectivity index (χ2v) is 25.7. The van der Waals surface area contributed by atoms with Crippen molar-refractivity contribution in [1.29, 1.82) is 0 Å². The van der Waals surface area contributed by atoms with Crippen molar-refractivity contribution in [2.75, 3.05) is 18.0 Å². The van der Waals surface area contributed by atoms with Gasteiger partial charge in [0.05, 0.1) is 0 Å². The number of benzene rings is 2. The van der Waals surface area contributed by atoms with Crippen molar-refractivity contribution >= 4 is 37.6 Å². The van der Waals surface area contributed by atoms with Gasteiger partial charge in [-0.3, -0.25) is 4.90 Å². The summed E-state index contributed by atoms with van der Waals surface area (Å²) in [4.78, 5) is 4.92. The molecule has 4 saturated carbocycles. The monoisotopic (exact) mass is 854 g/mol. The quantitative estimate of drug-likeness (QED) is 0.193. The van der Waals surface area contributed by atoms with Crippen LogP contribution in [0, 0.1) is 6.67 Å². The van der Waals surface area contributed by atoms with Crippen LogP contribution in [0.2, 0.25) is 0 Å². The maximum absolute atomic E-state index is 5.67. The fraction of sp³-hybridized carbons (Fsp3) is 0.696. The molecule has 2 aromatic rings. The summed E-state index contributed by atoms with van der Waals surface area (Å²) in [5.74, 6) is 1.10. The third kappa shape index (κ3) is 13.1. The van der Waals surface area contributed by atoms with Gasteiger partial charge in [0.2, 0.25) is 0 Å². The minimum absolute atomic E-state index is 0.385. The number of hydrogen-bond acceptors (Lipinski definition) is 2. The van der Waals surface area contributed by atoms with Gasteiger partial charge in [-0.15, -0.1) is 0 Å². The van der Waals surface area contributed by atoms with Gasteiger partial charge in [-0.2, -0.15) is 0 Å². The molecule has 4 aliphatic carbocycles. The van der Waals surface area contributed by atoms with Gasteiger partial charge >= 0.3 is 73.4 Å². The zero-order chi connectivity index (χ0) is 36.7. The van der Waals surface area contributed by atoms with E-state index in [1.165, 1.54) is 85.2 Å². The van der Waals surface area contributed by atoms with E-state index in [0.717, 1.165) is 24.7 Å². The van der Waals surface area contributed by atoms with E-state index in [9.17, 15) is 0 Å². The van der Waals surface area contributed by atoms with Gasteiger partial charge in [0.15, 0.2) is 6.67 Å². The van der Waals surface area contributed by atoms with E-state index in [1.807, 2.05) is 34.9 Å². The summed E-state index contributed by atoms with van der Waals surface area (Å²) in [6.07, 6.45) is 30.5. The molecule has 0 spiro atoms. The summed E-state index contributed by atoms with van der Waals surface area (Å²) in [6, 6.07) is 17.4. The van der Waals surface area contributed by atoms with E-state index in [1.54, 1.807) is 77.0 Å². The molecule has 0 unspecified atom stereocenters. The molecule has 0 atom stereocenters. The zero-order valence-corrected chi connectivity index (χ0v) is 37.3. The third-order valence-corrected chi connectivity index (χ3v) is 18.4. The van der Waals surface area contributed by atoms with E-state index < -0.39 is 13.5 Å². The van der Waals surface area contributed by atoms with Crippen LogP contribution in [-0.4, -0.2) is 45.6 Å². The van der Waals surface area contributed by atoms with Crippen LogP contribution in [0.25, 0.3) is 0 Å². The maximum atomic E-state index is 5.67. The summed E-state index contributed by atoms with van der Waals surface area (Å²) >= 11 is -1.61. The van der Waals surface area contributed by atoms with Gasteiger partial charge < -0.3 is 4.90 Å². The SMILES string of the molecule is C1CCC(P(C2CCCCC2)C2CCCCC2)CC1.CC(C)c1cccc(C(C)C)c1N1[C]N(C2CCCCC2)CC1.[Cl][Ru]([Cl])=[CH]c1ccccc1. The zero-order valence-electron chi connectivity index (χ0n) is 33.2. The number of para-hydroxylation sites is 1. The summed E-state index contributed by atoms with van der Waals surface area (Å²) in [5.41, 5.74) is 9.05. The first-order valence-corrected chi connectivity index (χ1v) is 28.4. The average molecular weight is 855 g/mol. The molecule has 1 saturated heterocycles. The molecule has 292 valence electrons. The Bertz CT molecular complexity index is 1240. The van der Waals surface area contributed by atoms with Crippen molar-refractivity contribution in [2.24, 2.45) is 0 Å². The molecule has 0 bridgehead atoms. The van der Waals surface area contributed by atoms with E-state index in [0.29, 0.717) is 19.8 Å². The minimum atomic E-state index is -1.61. The van der Waals surface area contributed by atoms with E-state index >= 15 is 0 Å². The summed E-state index contributed by atoms with van der Waals surface area (Å²) < 4.78 is 1.92. The second kappa shape index (κ2) is 23.1. The molecule has 0 amide bonds. The summed E-state index contributed by atoms with van der Waals surface area (Å²) in [5, 5.41) is 0. The first-order valence-electron chi connectivity index (χ1n) is 21.4. The van der Waals surface area contributed by atoms with Gasteiger partial charge in [-0.25, -0.2) is 0 Å². The molecular weight excluding hydrogens is 783 g/mol. The molecule has 7 rings (SSSR count). The van der Waals surface area contributed by atoms with Crippen LogP contribution in [0.5, 0.6) is 0 Å². The molecule has 5 fully saturated rings. The van der Waals surface area contributed by atoms with Gasteiger partial charge in [0.25, 0.3) is 0 Å². The Morgan fingerprint density at radius 3 is 1.46 bits per heavy atom. The van der Waals surface area contributed by atoms with Crippen molar-refractivity contribution < 1.29 is 13.5 Å². The van der Waals surface area contributed by atoms with Crippen LogP contribution in [0.15, 0.2) is 48.5 Å². The predicted molar refractivity (Wildman–Crippen MR) is 230 cm³/mol. The third-order valence-electron chi connectivity index (χ3n) is 12.4. The van der Waals surface area contributed by atoms with E-state index in [4.69, 9.17) is 19.4 Å². The van der Waals surface area contributed by atoms with Gasteiger partial charge in [-0.05, 0) is 91.3 Å². The molecule has 2 aromatic carbocycles. The van der Waals surface area contributed by atoms with Crippen LogP contribution in [0.4, 0.5) is 5.69 Å². The molecule has 1 heterocycles. The predicted octanol–water partition coefficient (Wildman–Crippen LogP) is 14.6. The number of halogens is 2. The van der Waals surface area contributed by atoms with Crippen molar-refractivity contribution in [3.05, 3.63) is 71.9 Å². The van der Waals surface area contributed by atoms with Gasteiger partial charge in [-0.1, -0.05) is 131 Å². The molecule has 2 radical (unpaired) electrons. The molecule has 1 aliphatic heterocycles. The first kappa shape index (κ1) is 42.8. The van der Waals surface area contributed by atoms with Crippen LogP contribution in [0.1, 0.15) is 185 Å². The normalized spacial score (nSPS) is 21.9. The Morgan fingerprint density at radius 1 is 0.596 bits per heavy atom. The average Bonchev–Trinajstić information content (AvgIpc) is 3.67. The van der Waals surface area contributed by atoms with Crippen molar-refractivity contribution in [1.82, 2.24) is 4.90 Å².